The summed E-state index contributed by atoms with van der Waals surface area (Å²) in [6, 6.07) is 6.43. The number of hydrogen-bond donors (Lipinski definition) is 0. The number of pyridine rings is 2. The van der Waals surface area contributed by atoms with Gasteiger partial charge in [0.15, 0.2) is 29.1 Å². The molecular formula is C22H20F3N7O2S. The van der Waals surface area contributed by atoms with E-state index in [4.69, 9.17) is 9.82 Å². The van der Waals surface area contributed by atoms with Crippen molar-refractivity contribution in [3.05, 3.63) is 53.7 Å². The van der Waals surface area contributed by atoms with Crippen LogP contribution in [0, 0.1) is 0 Å². The highest BCUT2D eigenvalue weighted by molar-refractivity contribution is 7.91. The molecule has 0 fully saturated rings. The SMILES string of the molecule is CC[S+]([O-])c1c(-c2nc3cc(C(F)(F)F)cnc3n2C)nc(C2CC(c3ccccn3)=NO2)n1C. The number of oxime groups is 1. The zero-order valence-corrected chi connectivity index (χ0v) is 19.8. The number of halogens is 3. The number of alkyl halides is 3. The minimum absolute atomic E-state index is 0.0654. The molecule has 13 heteroatoms. The Bertz CT molecular complexity index is 1430. The van der Waals surface area contributed by atoms with E-state index in [1.165, 1.54) is 0 Å². The maximum Gasteiger partial charge on any atom is 0.417 e. The van der Waals surface area contributed by atoms with Gasteiger partial charge in [-0.05, 0) is 25.1 Å². The van der Waals surface area contributed by atoms with E-state index in [0.29, 0.717) is 40.1 Å². The van der Waals surface area contributed by atoms with Crippen molar-refractivity contribution in [2.75, 3.05) is 5.75 Å². The molecule has 0 aliphatic carbocycles. The van der Waals surface area contributed by atoms with Gasteiger partial charge in [0.1, 0.15) is 17.0 Å². The molecule has 9 nitrogen and oxygen atoms in total. The monoisotopic (exact) mass is 503 g/mol. The molecule has 4 aromatic rings. The molecule has 2 unspecified atom stereocenters. The first-order valence-corrected chi connectivity index (χ1v) is 12.0. The lowest BCUT2D eigenvalue weighted by molar-refractivity contribution is -0.137. The smallest absolute Gasteiger partial charge is 0.417 e. The van der Waals surface area contributed by atoms with Gasteiger partial charge in [0.25, 0.3) is 5.03 Å². The summed E-state index contributed by atoms with van der Waals surface area (Å²) in [6.07, 6.45) is -2.26. The Morgan fingerprint density at radius 1 is 1.17 bits per heavy atom. The maximum absolute atomic E-state index is 13.2. The summed E-state index contributed by atoms with van der Waals surface area (Å²) in [4.78, 5) is 23.0. The number of fused-ring (bicyclic) bond motifs is 1. The molecule has 0 N–H and O–H groups in total. The van der Waals surface area contributed by atoms with Crippen LogP contribution in [0.25, 0.3) is 22.7 Å². The van der Waals surface area contributed by atoms with Crippen LogP contribution in [-0.4, -0.2) is 45.1 Å². The first kappa shape index (κ1) is 23.3. The number of aryl methyl sites for hydroxylation is 1. The predicted octanol–water partition coefficient (Wildman–Crippen LogP) is 3.78. The maximum atomic E-state index is 13.2. The third kappa shape index (κ3) is 4.04. The van der Waals surface area contributed by atoms with Crippen molar-refractivity contribution in [1.29, 1.82) is 0 Å². The molecule has 5 heterocycles. The highest BCUT2D eigenvalue weighted by atomic mass is 32.2. The zero-order chi connectivity index (χ0) is 24.9. The predicted molar refractivity (Wildman–Crippen MR) is 122 cm³/mol. The van der Waals surface area contributed by atoms with Crippen molar-refractivity contribution >= 4 is 28.1 Å². The first-order chi connectivity index (χ1) is 16.7. The number of imidazole rings is 2. The van der Waals surface area contributed by atoms with Crippen LogP contribution < -0.4 is 0 Å². The van der Waals surface area contributed by atoms with Crippen molar-refractivity contribution in [3.63, 3.8) is 0 Å². The van der Waals surface area contributed by atoms with Gasteiger partial charge in [-0.3, -0.25) is 9.55 Å². The normalized spacial score (nSPS) is 17.0. The van der Waals surface area contributed by atoms with Crippen LogP contribution in [0.15, 0.2) is 46.8 Å². The van der Waals surface area contributed by atoms with Gasteiger partial charge in [-0.2, -0.15) is 13.2 Å². The fraction of sp³-hybridized carbons (Fsp3) is 0.318. The Hall–Kier alpha value is -3.45. The van der Waals surface area contributed by atoms with Crippen LogP contribution in [-0.2, 0) is 36.3 Å². The Labute approximate surface area is 200 Å². The molecule has 35 heavy (non-hydrogen) atoms. The minimum atomic E-state index is -4.54. The molecule has 4 aromatic heterocycles. The van der Waals surface area contributed by atoms with E-state index < -0.39 is 29.0 Å². The van der Waals surface area contributed by atoms with Gasteiger partial charge < -0.3 is 14.0 Å². The largest absolute Gasteiger partial charge is 0.610 e. The first-order valence-electron chi connectivity index (χ1n) is 10.7. The van der Waals surface area contributed by atoms with Gasteiger partial charge in [-0.1, -0.05) is 11.2 Å². The van der Waals surface area contributed by atoms with Crippen LogP contribution in [0.5, 0.6) is 0 Å². The topological polar surface area (TPSA) is 106 Å². The molecule has 182 valence electrons. The molecule has 1 aliphatic rings. The molecular weight excluding hydrogens is 483 g/mol. The fourth-order valence-electron chi connectivity index (χ4n) is 3.97. The summed E-state index contributed by atoms with van der Waals surface area (Å²) in [5, 5.41) is 4.55. The van der Waals surface area contributed by atoms with Gasteiger partial charge >= 0.3 is 6.18 Å². The molecule has 2 atom stereocenters. The second kappa shape index (κ2) is 8.64. The van der Waals surface area contributed by atoms with Gasteiger partial charge in [-0.15, -0.1) is 0 Å². The molecule has 0 amide bonds. The number of nitrogens with zero attached hydrogens (tertiary/aromatic N) is 7. The summed E-state index contributed by atoms with van der Waals surface area (Å²) in [5.41, 5.74) is 1.06. The molecule has 1 aliphatic heterocycles. The summed E-state index contributed by atoms with van der Waals surface area (Å²) in [6.45, 7) is 1.77. The fourth-order valence-corrected chi connectivity index (χ4v) is 5.00. The van der Waals surface area contributed by atoms with Crippen molar-refractivity contribution in [2.24, 2.45) is 19.3 Å². The molecule has 0 aromatic carbocycles. The molecule has 0 spiro atoms. The van der Waals surface area contributed by atoms with Crippen LogP contribution in [0.1, 0.15) is 36.5 Å². The Morgan fingerprint density at radius 2 is 1.97 bits per heavy atom. The van der Waals surface area contributed by atoms with E-state index in [2.05, 4.69) is 20.1 Å². The number of aromatic nitrogens is 6. The third-order valence-corrected chi connectivity index (χ3v) is 7.14. The summed E-state index contributed by atoms with van der Waals surface area (Å²) in [7, 11) is 3.35. The third-order valence-electron chi connectivity index (χ3n) is 5.72. The van der Waals surface area contributed by atoms with Crippen LogP contribution >= 0.6 is 0 Å². The van der Waals surface area contributed by atoms with Crippen LogP contribution in [0.4, 0.5) is 13.2 Å². The van der Waals surface area contributed by atoms with E-state index in [-0.39, 0.29) is 17.0 Å². The molecule has 0 saturated heterocycles. The second-order valence-corrected chi connectivity index (χ2v) is 9.58. The highest BCUT2D eigenvalue weighted by Crippen LogP contribution is 2.36. The molecule has 0 radical (unpaired) electrons. The standard InChI is InChI=1S/C22H20F3N7O2S/c1-4-35(33)21-17(20-28-15-9-12(22(23,24)25)11-27-18(15)31(20)2)29-19(32(21)3)16-10-14(30-34-16)13-7-5-6-8-26-13/h5-9,11,16H,4,10H2,1-3H3. The molecule has 5 rings (SSSR count). The Kier molecular flexibility index (Phi) is 5.75. The molecule has 0 saturated carbocycles. The van der Waals surface area contributed by atoms with Crippen molar-refractivity contribution < 1.29 is 22.6 Å². The lowest BCUT2D eigenvalue weighted by Gasteiger charge is -2.12. The van der Waals surface area contributed by atoms with Gasteiger partial charge in [0.2, 0.25) is 0 Å². The van der Waals surface area contributed by atoms with Gasteiger partial charge in [-0.25, -0.2) is 15.0 Å². The zero-order valence-electron chi connectivity index (χ0n) is 18.9. The lowest BCUT2D eigenvalue weighted by atomic mass is 10.1. The average Bonchev–Trinajstić information content (AvgIpc) is 3.54. The number of hydrogen-bond acceptors (Lipinski definition) is 7. The van der Waals surface area contributed by atoms with Crippen molar-refractivity contribution in [2.45, 2.75) is 30.7 Å². The highest BCUT2D eigenvalue weighted by Gasteiger charge is 2.36. The Balaban J connectivity index is 1.58. The number of rotatable bonds is 5. The molecule has 0 bridgehead atoms. The lowest BCUT2D eigenvalue weighted by Crippen LogP contribution is -2.14. The summed E-state index contributed by atoms with van der Waals surface area (Å²) in [5.74, 6) is 1.05. The van der Waals surface area contributed by atoms with E-state index in [9.17, 15) is 17.7 Å². The summed E-state index contributed by atoms with van der Waals surface area (Å²) >= 11 is -1.44. The van der Waals surface area contributed by atoms with E-state index >= 15 is 0 Å². The van der Waals surface area contributed by atoms with Crippen molar-refractivity contribution in [3.8, 4) is 11.5 Å². The van der Waals surface area contributed by atoms with Crippen molar-refractivity contribution in [1.82, 2.24) is 29.1 Å². The van der Waals surface area contributed by atoms with Crippen LogP contribution in [0.2, 0.25) is 0 Å². The minimum Gasteiger partial charge on any atom is -0.610 e. The van der Waals surface area contributed by atoms with Crippen LogP contribution in [0.3, 0.4) is 0 Å². The van der Waals surface area contributed by atoms with E-state index in [1.54, 1.807) is 42.4 Å². The quantitative estimate of drug-likeness (QED) is 0.384. The average molecular weight is 504 g/mol. The summed E-state index contributed by atoms with van der Waals surface area (Å²) < 4.78 is 55.8. The Morgan fingerprint density at radius 3 is 2.66 bits per heavy atom. The van der Waals surface area contributed by atoms with Gasteiger partial charge in [0, 0.05) is 44.1 Å². The van der Waals surface area contributed by atoms with E-state index in [1.807, 2.05) is 12.1 Å². The second-order valence-electron chi connectivity index (χ2n) is 7.93. The van der Waals surface area contributed by atoms with E-state index in [0.717, 1.165) is 12.3 Å². The van der Waals surface area contributed by atoms with Gasteiger partial charge in [0.05, 0.1) is 11.3 Å².